The Labute approximate surface area is 115 Å². The lowest BCUT2D eigenvalue weighted by Crippen LogP contribution is -2.16. The summed E-state index contributed by atoms with van der Waals surface area (Å²) in [5.74, 6) is 0.139. The van der Waals surface area contributed by atoms with E-state index in [2.05, 4.69) is 9.72 Å². The average molecular weight is 310 g/mol. The van der Waals surface area contributed by atoms with E-state index >= 15 is 0 Å². The molecule has 3 nitrogen and oxygen atoms in total. The summed E-state index contributed by atoms with van der Waals surface area (Å²) in [7, 11) is 0. The number of nitrogens with zero attached hydrogens (tertiary/aromatic N) is 1. The molecule has 8 heteroatoms. The normalized spacial score (nSPS) is 11.4. The van der Waals surface area contributed by atoms with Gasteiger partial charge in [0.1, 0.15) is 18.1 Å². The number of halogens is 4. The predicted molar refractivity (Wildman–Crippen MR) is 64.6 cm³/mol. The molecule has 1 aromatic carbocycles. The Balaban J connectivity index is 1.91. The first-order valence-electron chi connectivity index (χ1n) is 5.01. The zero-order chi connectivity index (χ0) is 13.9. The first-order chi connectivity index (χ1) is 8.92. The van der Waals surface area contributed by atoms with Crippen molar-refractivity contribution in [2.75, 3.05) is 0 Å². The lowest BCUT2D eigenvalue weighted by molar-refractivity contribution is -0.274. The highest BCUT2D eigenvalue weighted by Crippen LogP contribution is 2.25. The molecule has 0 bridgehead atoms. The van der Waals surface area contributed by atoms with E-state index in [1.54, 1.807) is 6.20 Å². The van der Waals surface area contributed by atoms with Crippen molar-refractivity contribution in [2.45, 2.75) is 13.0 Å². The van der Waals surface area contributed by atoms with Crippen LogP contribution in [0.25, 0.3) is 0 Å². The second-order valence-electron chi connectivity index (χ2n) is 3.39. The van der Waals surface area contributed by atoms with Gasteiger partial charge in [0, 0.05) is 6.20 Å². The first-order valence-corrected chi connectivity index (χ1v) is 6.21. The van der Waals surface area contributed by atoms with Gasteiger partial charge < -0.3 is 9.47 Å². The topological polar surface area (TPSA) is 31.4 Å². The zero-order valence-corrected chi connectivity index (χ0v) is 10.9. The van der Waals surface area contributed by atoms with Gasteiger partial charge in [0.05, 0.1) is 4.88 Å². The maximum absolute atomic E-state index is 11.9. The summed E-state index contributed by atoms with van der Waals surface area (Å²) in [4.78, 5) is 4.66. The van der Waals surface area contributed by atoms with Crippen LogP contribution in [0.2, 0.25) is 4.47 Å². The van der Waals surface area contributed by atoms with Crippen molar-refractivity contribution in [1.29, 1.82) is 0 Å². The van der Waals surface area contributed by atoms with Crippen molar-refractivity contribution in [3.63, 3.8) is 0 Å². The van der Waals surface area contributed by atoms with Gasteiger partial charge in [0.25, 0.3) is 0 Å². The van der Waals surface area contributed by atoms with Gasteiger partial charge in [-0.05, 0) is 24.3 Å². The molecule has 0 saturated carbocycles. The fourth-order valence-corrected chi connectivity index (χ4v) is 2.13. The third-order valence-corrected chi connectivity index (χ3v) is 3.05. The summed E-state index contributed by atoms with van der Waals surface area (Å²) in [6, 6.07) is 5.15. The number of thiazole rings is 1. The summed E-state index contributed by atoms with van der Waals surface area (Å²) >= 11 is 6.93. The number of rotatable bonds is 4. The Kier molecular flexibility index (Phi) is 4.16. The monoisotopic (exact) mass is 309 g/mol. The van der Waals surface area contributed by atoms with Crippen LogP contribution in [0.3, 0.4) is 0 Å². The van der Waals surface area contributed by atoms with Crippen LogP contribution < -0.4 is 9.47 Å². The summed E-state index contributed by atoms with van der Waals surface area (Å²) in [5, 5.41) is 0. The van der Waals surface area contributed by atoms with Crippen molar-refractivity contribution in [1.82, 2.24) is 4.98 Å². The van der Waals surface area contributed by atoms with E-state index in [0.29, 0.717) is 10.2 Å². The maximum atomic E-state index is 11.9. The first kappa shape index (κ1) is 14.0. The molecule has 2 rings (SSSR count). The van der Waals surface area contributed by atoms with Crippen molar-refractivity contribution < 1.29 is 22.6 Å². The Hall–Kier alpha value is -1.47. The molecule has 0 radical (unpaired) electrons. The fraction of sp³-hybridized carbons (Fsp3) is 0.182. The second-order valence-corrected chi connectivity index (χ2v) is 5.08. The molecule has 0 saturated heterocycles. The highest BCUT2D eigenvalue weighted by atomic mass is 35.5. The molecule has 0 aliphatic carbocycles. The van der Waals surface area contributed by atoms with Crippen molar-refractivity contribution in [2.24, 2.45) is 0 Å². The van der Waals surface area contributed by atoms with Crippen LogP contribution >= 0.6 is 22.9 Å². The van der Waals surface area contributed by atoms with Crippen molar-refractivity contribution >= 4 is 22.9 Å². The molecule has 2 aromatic rings. The van der Waals surface area contributed by atoms with Crippen LogP contribution in [-0.2, 0) is 6.61 Å². The molecule has 0 N–H and O–H groups in total. The average Bonchev–Trinajstić information content (AvgIpc) is 2.72. The summed E-state index contributed by atoms with van der Waals surface area (Å²) in [6.07, 6.45) is -3.12. The van der Waals surface area contributed by atoms with Gasteiger partial charge in [-0.3, -0.25) is 0 Å². The molecule has 1 aromatic heterocycles. The van der Waals surface area contributed by atoms with E-state index in [1.807, 2.05) is 0 Å². The molecular formula is C11H7ClF3NO2S. The molecule has 0 amide bonds. The highest BCUT2D eigenvalue weighted by Gasteiger charge is 2.30. The Morgan fingerprint density at radius 3 is 2.32 bits per heavy atom. The molecule has 0 atom stereocenters. The van der Waals surface area contributed by atoms with Gasteiger partial charge in [0.2, 0.25) is 0 Å². The van der Waals surface area contributed by atoms with Crippen LogP contribution in [0.5, 0.6) is 11.5 Å². The van der Waals surface area contributed by atoms with E-state index in [4.69, 9.17) is 16.3 Å². The SMILES string of the molecule is FC(F)(F)Oc1ccc(OCc2cnc(Cl)s2)cc1. The molecule has 0 fully saturated rings. The van der Waals surface area contributed by atoms with Gasteiger partial charge >= 0.3 is 6.36 Å². The summed E-state index contributed by atoms with van der Waals surface area (Å²) < 4.78 is 45.3. The van der Waals surface area contributed by atoms with E-state index in [1.165, 1.54) is 35.6 Å². The number of benzene rings is 1. The Morgan fingerprint density at radius 2 is 1.79 bits per heavy atom. The number of hydrogen-bond donors (Lipinski definition) is 0. The molecule has 0 spiro atoms. The third-order valence-electron chi connectivity index (χ3n) is 1.96. The van der Waals surface area contributed by atoms with E-state index in [0.717, 1.165) is 4.88 Å². The van der Waals surface area contributed by atoms with Gasteiger partial charge in [0.15, 0.2) is 4.47 Å². The quantitative estimate of drug-likeness (QED) is 0.845. The number of hydrogen-bond acceptors (Lipinski definition) is 4. The lowest BCUT2D eigenvalue weighted by Gasteiger charge is -2.09. The number of aromatic nitrogens is 1. The lowest BCUT2D eigenvalue weighted by atomic mass is 10.3. The Bertz CT molecular complexity index is 542. The largest absolute Gasteiger partial charge is 0.573 e. The van der Waals surface area contributed by atoms with Crippen LogP contribution in [0.1, 0.15) is 4.88 Å². The second kappa shape index (κ2) is 5.66. The van der Waals surface area contributed by atoms with Crippen LogP contribution in [0.15, 0.2) is 30.5 Å². The van der Waals surface area contributed by atoms with Gasteiger partial charge in [-0.2, -0.15) is 0 Å². The minimum absolute atomic E-state index is 0.254. The van der Waals surface area contributed by atoms with E-state index in [-0.39, 0.29) is 12.4 Å². The molecule has 102 valence electrons. The van der Waals surface area contributed by atoms with Crippen molar-refractivity contribution in [3.05, 3.63) is 39.8 Å². The Morgan fingerprint density at radius 1 is 1.16 bits per heavy atom. The molecule has 0 unspecified atom stereocenters. The van der Waals surface area contributed by atoms with Crippen LogP contribution in [0.4, 0.5) is 13.2 Å². The van der Waals surface area contributed by atoms with Crippen molar-refractivity contribution in [3.8, 4) is 11.5 Å². The molecule has 0 aliphatic rings. The molecule has 19 heavy (non-hydrogen) atoms. The summed E-state index contributed by atoms with van der Waals surface area (Å²) in [6.45, 7) is 0.254. The highest BCUT2D eigenvalue weighted by molar-refractivity contribution is 7.15. The fourth-order valence-electron chi connectivity index (χ4n) is 1.24. The third kappa shape index (κ3) is 4.60. The van der Waals surface area contributed by atoms with Gasteiger partial charge in [-0.15, -0.1) is 24.5 Å². The van der Waals surface area contributed by atoms with E-state index < -0.39 is 6.36 Å². The standard InChI is InChI=1S/C11H7ClF3NO2S/c12-10-16-5-9(19-10)6-17-7-1-3-8(4-2-7)18-11(13,14)15/h1-5H,6H2. The minimum Gasteiger partial charge on any atom is -0.488 e. The number of ether oxygens (including phenoxy) is 2. The number of alkyl halides is 3. The zero-order valence-electron chi connectivity index (χ0n) is 9.28. The molecule has 0 aliphatic heterocycles. The summed E-state index contributed by atoms with van der Waals surface area (Å²) in [5.41, 5.74) is 0. The smallest absolute Gasteiger partial charge is 0.488 e. The van der Waals surface area contributed by atoms with Crippen LogP contribution in [-0.4, -0.2) is 11.3 Å². The minimum atomic E-state index is -4.69. The van der Waals surface area contributed by atoms with E-state index in [9.17, 15) is 13.2 Å². The van der Waals surface area contributed by atoms with Crippen LogP contribution in [0, 0.1) is 0 Å². The maximum Gasteiger partial charge on any atom is 0.573 e. The van der Waals surface area contributed by atoms with Gasteiger partial charge in [-0.25, -0.2) is 4.98 Å². The molecular weight excluding hydrogens is 303 g/mol. The predicted octanol–water partition coefficient (Wildman–Crippen LogP) is 4.27. The molecule has 1 heterocycles. The van der Waals surface area contributed by atoms with Gasteiger partial charge in [-0.1, -0.05) is 11.6 Å².